The van der Waals surface area contributed by atoms with Gasteiger partial charge in [0.15, 0.2) is 17.4 Å². The van der Waals surface area contributed by atoms with Crippen LogP contribution in [0.3, 0.4) is 0 Å². The number of benzene rings is 1. The van der Waals surface area contributed by atoms with Crippen LogP contribution in [0.25, 0.3) is 11.6 Å². The molecule has 1 aromatic carbocycles. The van der Waals surface area contributed by atoms with Crippen LogP contribution in [0.1, 0.15) is 30.0 Å². The molecule has 0 radical (unpaired) electrons. The van der Waals surface area contributed by atoms with Crippen LogP contribution < -0.4 is 0 Å². The predicted octanol–water partition coefficient (Wildman–Crippen LogP) is 2.96. The van der Waals surface area contributed by atoms with Crippen molar-refractivity contribution in [1.82, 2.24) is 19.7 Å². The summed E-state index contributed by atoms with van der Waals surface area (Å²) in [7, 11) is 2.18. The van der Waals surface area contributed by atoms with Gasteiger partial charge in [-0.15, -0.1) is 0 Å². The summed E-state index contributed by atoms with van der Waals surface area (Å²) in [6.45, 7) is 2.81. The molecular weight excluding hydrogens is 340 g/mol. The van der Waals surface area contributed by atoms with Crippen LogP contribution in [-0.4, -0.2) is 44.9 Å². The molecule has 0 bridgehead atoms. The summed E-state index contributed by atoms with van der Waals surface area (Å²) in [5.74, 6) is 3.42. The zero-order valence-corrected chi connectivity index (χ0v) is 15.7. The van der Waals surface area contributed by atoms with E-state index in [1.54, 1.807) is 6.07 Å². The molecule has 0 aliphatic carbocycles. The van der Waals surface area contributed by atoms with Crippen molar-refractivity contribution in [2.45, 2.75) is 32.4 Å². The number of nitrogens with zero attached hydrogens (tertiary/aromatic N) is 4. The second-order valence-electron chi connectivity index (χ2n) is 7.37. The number of aliphatic hydroxyl groups excluding tert-OH is 1. The SMILES string of the molecule is CN1CCC(Cc2nc(-c3ccc(CO)o3)n(Cc3ccccc3)n2)CC1. The molecule has 1 aliphatic rings. The molecule has 0 spiro atoms. The van der Waals surface area contributed by atoms with Gasteiger partial charge in [-0.25, -0.2) is 9.67 Å². The zero-order chi connectivity index (χ0) is 18.6. The maximum atomic E-state index is 9.30. The Morgan fingerprint density at radius 2 is 1.89 bits per heavy atom. The van der Waals surface area contributed by atoms with Crippen molar-refractivity contribution < 1.29 is 9.52 Å². The van der Waals surface area contributed by atoms with E-state index in [4.69, 9.17) is 14.5 Å². The van der Waals surface area contributed by atoms with Crippen molar-refractivity contribution >= 4 is 0 Å². The third-order valence-corrected chi connectivity index (χ3v) is 5.24. The Bertz CT molecular complexity index is 863. The van der Waals surface area contributed by atoms with Crippen LogP contribution in [0.5, 0.6) is 0 Å². The zero-order valence-electron chi connectivity index (χ0n) is 15.7. The first-order valence-corrected chi connectivity index (χ1v) is 9.57. The molecule has 6 nitrogen and oxygen atoms in total. The lowest BCUT2D eigenvalue weighted by molar-refractivity contribution is 0.217. The van der Waals surface area contributed by atoms with E-state index in [0.29, 0.717) is 24.0 Å². The standard InChI is InChI=1S/C21H26N4O2/c1-24-11-9-16(10-12-24)13-20-22-21(19-8-7-18(15-26)27-19)25(23-20)14-17-5-3-2-4-6-17/h2-8,16,26H,9-15H2,1H3. The van der Waals surface area contributed by atoms with Gasteiger partial charge in [0.25, 0.3) is 0 Å². The Kier molecular flexibility index (Phi) is 5.36. The summed E-state index contributed by atoms with van der Waals surface area (Å²) in [5.41, 5.74) is 1.17. The molecular formula is C21H26N4O2. The number of rotatable bonds is 6. The molecule has 0 amide bonds. The second kappa shape index (κ2) is 8.06. The lowest BCUT2D eigenvalue weighted by atomic mass is 9.94. The first-order valence-electron chi connectivity index (χ1n) is 9.57. The van der Waals surface area contributed by atoms with Gasteiger partial charge >= 0.3 is 0 Å². The summed E-state index contributed by atoms with van der Waals surface area (Å²) >= 11 is 0. The van der Waals surface area contributed by atoms with Gasteiger partial charge in [0, 0.05) is 6.42 Å². The summed E-state index contributed by atoms with van der Waals surface area (Å²) in [6, 6.07) is 13.9. The molecule has 142 valence electrons. The van der Waals surface area contributed by atoms with Gasteiger partial charge in [-0.3, -0.25) is 0 Å². The maximum Gasteiger partial charge on any atom is 0.194 e. The highest BCUT2D eigenvalue weighted by molar-refractivity contribution is 5.47. The van der Waals surface area contributed by atoms with Crippen molar-refractivity contribution in [3.8, 4) is 11.6 Å². The number of aliphatic hydroxyl groups is 1. The van der Waals surface area contributed by atoms with Crippen molar-refractivity contribution in [3.05, 3.63) is 59.6 Å². The third kappa shape index (κ3) is 4.28. The highest BCUT2D eigenvalue weighted by Gasteiger charge is 2.21. The summed E-state index contributed by atoms with van der Waals surface area (Å²) in [4.78, 5) is 7.18. The van der Waals surface area contributed by atoms with E-state index in [1.807, 2.05) is 28.9 Å². The normalized spacial score (nSPS) is 16.1. The predicted molar refractivity (Wildman–Crippen MR) is 103 cm³/mol. The van der Waals surface area contributed by atoms with Gasteiger partial charge in [0.1, 0.15) is 12.4 Å². The number of piperidine rings is 1. The molecule has 3 aromatic rings. The van der Waals surface area contributed by atoms with E-state index in [2.05, 4.69) is 24.1 Å². The van der Waals surface area contributed by atoms with Crippen molar-refractivity contribution in [3.63, 3.8) is 0 Å². The van der Waals surface area contributed by atoms with Gasteiger partial charge in [-0.05, 0) is 56.6 Å². The maximum absolute atomic E-state index is 9.30. The first-order chi connectivity index (χ1) is 13.2. The number of hydrogen-bond acceptors (Lipinski definition) is 5. The molecule has 3 heterocycles. The van der Waals surface area contributed by atoms with E-state index >= 15 is 0 Å². The fourth-order valence-corrected chi connectivity index (χ4v) is 3.63. The second-order valence-corrected chi connectivity index (χ2v) is 7.37. The molecule has 0 atom stereocenters. The molecule has 1 aliphatic heterocycles. The van der Waals surface area contributed by atoms with Gasteiger partial charge in [0.2, 0.25) is 0 Å². The fourth-order valence-electron chi connectivity index (χ4n) is 3.63. The molecule has 1 N–H and O–H groups in total. The average Bonchev–Trinajstić information content (AvgIpc) is 3.31. The molecule has 27 heavy (non-hydrogen) atoms. The number of likely N-dealkylation sites (tertiary alicyclic amines) is 1. The third-order valence-electron chi connectivity index (χ3n) is 5.24. The number of furan rings is 1. The van der Waals surface area contributed by atoms with Crippen LogP contribution in [0, 0.1) is 5.92 Å². The van der Waals surface area contributed by atoms with E-state index in [1.165, 1.54) is 18.4 Å². The lowest BCUT2D eigenvalue weighted by Gasteiger charge is -2.28. The fraction of sp³-hybridized carbons (Fsp3) is 0.429. The molecule has 1 fully saturated rings. The quantitative estimate of drug-likeness (QED) is 0.726. The Hall–Kier alpha value is -2.44. The van der Waals surface area contributed by atoms with Crippen LogP contribution in [0.4, 0.5) is 0 Å². The monoisotopic (exact) mass is 366 g/mol. The summed E-state index contributed by atoms with van der Waals surface area (Å²) in [5, 5.41) is 14.1. The van der Waals surface area contributed by atoms with Gasteiger partial charge in [-0.2, -0.15) is 5.10 Å². The van der Waals surface area contributed by atoms with Gasteiger partial charge in [-0.1, -0.05) is 30.3 Å². The number of hydrogen-bond donors (Lipinski definition) is 1. The van der Waals surface area contributed by atoms with E-state index in [-0.39, 0.29) is 6.61 Å². The largest absolute Gasteiger partial charge is 0.455 e. The topological polar surface area (TPSA) is 67.3 Å². The minimum atomic E-state index is -0.116. The summed E-state index contributed by atoms with van der Waals surface area (Å²) in [6.07, 6.45) is 3.28. The molecule has 0 unspecified atom stereocenters. The van der Waals surface area contributed by atoms with Crippen LogP contribution >= 0.6 is 0 Å². The molecule has 4 rings (SSSR count). The van der Waals surface area contributed by atoms with Crippen LogP contribution in [-0.2, 0) is 19.6 Å². The summed E-state index contributed by atoms with van der Waals surface area (Å²) < 4.78 is 7.65. The van der Waals surface area contributed by atoms with E-state index in [0.717, 1.165) is 31.2 Å². The number of aromatic nitrogens is 3. The highest BCUT2D eigenvalue weighted by Crippen LogP contribution is 2.24. The average molecular weight is 366 g/mol. The molecule has 0 saturated carbocycles. The van der Waals surface area contributed by atoms with Crippen LogP contribution in [0.2, 0.25) is 0 Å². The molecule has 1 saturated heterocycles. The highest BCUT2D eigenvalue weighted by atomic mass is 16.4. The van der Waals surface area contributed by atoms with Crippen molar-refractivity contribution in [2.24, 2.45) is 5.92 Å². The Morgan fingerprint density at radius 3 is 2.59 bits per heavy atom. The smallest absolute Gasteiger partial charge is 0.194 e. The Labute approximate surface area is 159 Å². The van der Waals surface area contributed by atoms with Crippen molar-refractivity contribution in [2.75, 3.05) is 20.1 Å². The first kappa shape index (κ1) is 17.9. The minimum Gasteiger partial charge on any atom is -0.455 e. The Balaban J connectivity index is 1.60. The van der Waals surface area contributed by atoms with Gasteiger partial charge in [0.05, 0.1) is 6.54 Å². The van der Waals surface area contributed by atoms with Crippen LogP contribution in [0.15, 0.2) is 46.9 Å². The molecule has 2 aromatic heterocycles. The lowest BCUT2D eigenvalue weighted by Crippen LogP contribution is -2.31. The Morgan fingerprint density at radius 1 is 1.11 bits per heavy atom. The van der Waals surface area contributed by atoms with Gasteiger partial charge < -0.3 is 14.4 Å². The molecule has 6 heteroatoms. The van der Waals surface area contributed by atoms with Crippen molar-refractivity contribution in [1.29, 1.82) is 0 Å². The minimum absolute atomic E-state index is 0.116. The van der Waals surface area contributed by atoms with E-state index < -0.39 is 0 Å². The van der Waals surface area contributed by atoms with E-state index in [9.17, 15) is 5.11 Å².